The molecule has 0 bridgehead atoms. The van der Waals surface area contributed by atoms with E-state index in [1.807, 2.05) is 40.9 Å². The van der Waals surface area contributed by atoms with Crippen molar-refractivity contribution in [3.63, 3.8) is 0 Å². The van der Waals surface area contributed by atoms with E-state index in [1.54, 1.807) is 12.4 Å². The van der Waals surface area contributed by atoms with Gasteiger partial charge in [0, 0.05) is 56.4 Å². The van der Waals surface area contributed by atoms with Gasteiger partial charge in [-0.2, -0.15) is 0 Å². The van der Waals surface area contributed by atoms with Crippen molar-refractivity contribution in [2.45, 2.75) is 19.6 Å². The zero-order valence-electron chi connectivity index (χ0n) is 14.3. The zero-order valence-corrected chi connectivity index (χ0v) is 14.3. The first-order valence-electron chi connectivity index (χ1n) is 8.07. The van der Waals surface area contributed by atoms with Crippen molar-refractivity contribution in [3.8, 4) is 5.75 Å². The molecule has 2 heterocycles. The maximum atomic E-state index is 11.0. The number of pyridine rings is 1. The van der Waals surface area contributed by atoms with Crippen molar-refractivity contribution in [2.75, 3.05) is 0 Å². The number of aromatic hydroxyl groups is 1. The van der Waals surface area contributed by atoms with Crippen LogP contribution >= 0.6 is 0 Å². The van der Waals surface area contributed by atoms with Crippen molar-refractivity contribution in [2.24, 2.45) is 7.05 Å². The molecule has 0 aliphatic heterocycles. The number of aryl methyl sites for hydroxylation is 1. The Kier molecular flexibility index (Phi) is 5.23. The third-order valence-electron chi connectivity index (χ3n) is 4.07. The van der Waals surface area contributed by atoms with Gasteiger partial charge < -0.3 is 9.67 Å². The number of nitro benzene ring substituents is 1. The molecule has 0 saturated heterocycles. The maximum Gasteiger partial charge on any atom is 0.270 e. The quantitative estimate of drug-likeness (QED) is 0.518. The molecule has 26 heavy (non-hydrogen) atoms. The summed E-state index contributed by atoms with van der Waals surface area (Å²) in [5.41, 5.74) is 1.31. The van der Waals surface area contributed by atoms with Crippen molar-refractivity contribution in [1.29, 1.82) is 0 Å². The average Bonchev–Trinajstić information content (AvgIpc) is 3.02. The van der Waals surface area contributed by atoms with E-state index in [4.69, 9.17) is 0 Å². The van der Waals surface area contributed by atoms with Crippen LogP contribution in [0.2, 0.25) is 0 Å². The molecule has 0 amide bonds. The topological polar surface area (TPSA) is 97.3 Å². The number of rotatable bonds is 7. The summed E-state index contributed by atoms with van der Waals surface area (Å²) in [6, 6.07) is 9.72. The fraction of sp³-hybridized carbons (Fsp3) is 0.222. The molecule has 0 radical (unpaired) electrons. The van der Waals surface area contributed by atoms with Gasteiger partial charge in [-0.3, -0.25) is 20.0 Å². The van der Waals surface area contributed by atoms with Crippen LogP contribution < -0.4 is 0 Å². The molecule has 1 aromatic carbocycles. The number of hydrogen-bond donors (Lipinski definition) is 1. The highest BCUT2D eigenvalue weighted by Crippen LogP contribution is 2.25. The minimum Gasteiger partial charge on any atom is -0.508 e. The lowest BCUT2D eigenvalue weighted by Crippen LogP contribution is -2.24. The lowest BCUT2D eigenvalue weighted by Gasteiger charge is -2.22. The van der Waals surface area contributed by atoms with Gasteiger partial charge in [-0.25, -0.2) is 4.98 Å². The molecule has 0 spiro atoms. The highest BCUT2D eigenvalue weighted by atomic mass is 16.6. The maximum absolute atomic E-state index is 11.0. The van der Waals surface area contributed by atoms with Gasteiger partial charge in [-0.1, -0.05) is 6.07 Å². The first-order valence-corrected chi connectivity index (χ1v) is 8.07. The second-order valence-corrected chi connectivity index (χ2v) is 5.99. The Hall–Kier alpha value is -3.26. The highest BCUT2D eigenvalue weighted by Gasteiger charge is 2.16. The molecule has 0 aliphatic carbocycles. The number of imidazole rings is 1. The van der Waals surface area contributed by atoms with E-state index in [0.717, 1.165) is 11.5 Å². The second-order valence-electron chi connectivity index (χ2n) is 5.99. The normalized spacial score (nSPS) is 11.0. The van der Waals surface area contributed by atoms with Crippen molar-refractivity contribution in [1.82, 2.24) is 19.4 Å². The number of benzene rings is 1. The minimum atomic E-state index is -0.467. The van der Waals surface area contributed by atoms with Crippen LogP contribution in [0.15, 0.2) is 55.0 Å². The van der Waals surface area contributed by atoms with Crippen LogP contribution in [0.25, 0.3) is 0 Å². The van der Waals surface area contributed by atoms with Gasteiger partial charge in [0.15, 0.2) is 0 Å². The Morgan fingerprint density at radius 3 is 2.65 bits per heavy atom. The Morgan fingerprint density at radius 1 is 1.15 bits per heavy atom. The first kappa shape index (κ1) is 17.6. The fourth-order valence-electron chi connectivity index (χ4n) is 2.69. The number of phenols is 1. The molecule has 0 unspecified atom stereocenters. The molecule has 2 aromatic heterocycles. The van der Waals surface area contributed by atoms with Gasteiger partial charge in [0.1, 0.15) is 11.6 Å². The monoisotopic (exact) mass is 353 g/mol. The smallest absolute Gasteiger partial charge is 0.270 e. The standard InChI is InChI=1S/C18H19N5O3/c1-21-9-8-20-18(21)13-22(12-15-4-2-3-7-19-15)11-14-10-16(23(25)26)5-6-17(14)24/h2-10,24H,11-13H2,1H3. The van der Waals surface area contributed by atoms with Gasteiger partial charge in [0.25, 0.3) is 5.69 Å². The van der Waals surface area contributed by atoms with Crippen LogP contribution in [0.5, 0.6) is 5.75 Å². The highest BCUT2D eigenvalue weighted by molar-refractivity contribution is 5.43. The van der Waals surface area contributed by atoms with Gasteiger partial charge in [0.2, 0.25) is 0 Å². The van der Waals surface area contributed by atoms with Crippen LogP contribution in [0.3, 0.4) is 0 Å². The number of aromatic nitrogens is 3. The van der Waals surface area contributed by atoms with Crippen molar-refractivity contribution < 1.29 is 10.0 Å². The summed E-state index contributed by atoms with van der Waals surface area (Å²) >= 11 is 0. The summed E-state index contributed by atoms with van der Waals surface area (Å²) in [5, 5.41) is 21.2. The largest absolute Gasteiger partial charge is 0.508 e. The Morgan fingerprint density at radius 2 is 2.00 bits per heavy atom. The number of nitro groups is 1. The molecule has 0 aliphatic rings. The molecule has 134 valence electrons. The average molecular weight is 353 g/mol. The van der Waals surface area contributed by atoms with E-state index in [2.05, 4.69) is 9.97 Å². The molecular formula is C18H19N5O3. The lowest BCUT2D eigenvalue weighted by molar-refractivity contribution is -0.385. The van der Waals surface area contributed by atoms with Crippen LogP contribution in [-0.2, 0) is 26.7 Å². The Balaban J connectivity index is 1.86. The molecule has 3 aromatic rings. The number of phenolic OH excluding ortho intramolecular Hbond substituents is 1. The van der Waals surface area contributed by atoms with E-state index < -0.39 is 4.92 Å². The molecular weight excluding hydrogens is 334 g/mol. The summed E-state index contributed by atoms with van der Waals surface area (Å²) < 4.78 is 1.92. The molecule has 1 N–H and O–H groups in total. The van der Waals surface area contributed by atoms with Gasteiger partial charge in [0.05, 0.1) is 17.2 Å². The van der Waals surface area contributed by atoms with Crippen LogP contribution in [-0.4, -0.2) is 29.5 Å². The predicted octanol–water partition coefficient (Wildman–Crippen LogP) is 2.63. The number of non-ortho nitro benzene ring substituents is 1. The summed E-state index contributed by atoms with van der Waals surface area (Å²) in [6.07, 6.45) is 5.30. The molecule has 0 atom stereocenters. The van der Waals surface area contributed by atoms with Crippen LogP contribution in [0, 0.1) is 10.1 Å². The number of nitrogens with zero attached hydrogens (tertiary/aromatic N) is 5. The van der Waals surface area contributed by atoms with Gasteiger partial charge in [-0.05, 0) is 18.2 Å². The van der Waals surface area contributed by atoms with E-state index in [1.165, 1.54) is 18.2 Å². The molecule has 8 heteroatoms. The third-order valence-corrected chi connectivity index (χ3v) is 4.07. The minimum absolute atomic E-state index is 0.0291. The zero-order chi connectivity index (χ0) is 18.5. The van der Waals surface area contributed by atoms with Gasteiger partial charge in [-0.15, -0.1) is 0 Å². The molecule has 8 nitrogen and oxygen atoms in total. The van der Waals surface area contributed by atoms with Crippen molar-refractivity contribution in [3.05, 3.63) is 82.2 Å². The fourth-order valence-corrected chi connectivity index (χ4v) is 2.69. The van der Waals surface area contributed by atoms with E-state index in [9.17, 15) is 15.2 Å². The van der Waals surface area contributed by atoms with Crippen LogP contribution in [0.4, 0.5) is 5.69 Å². The molecule has 0 saturated carbocycles. The summed E-state index contributed by atoms with van der Waals surface area (Å²) in [6.45, 7) is 1.37. The number of hydrogen-bond acceptors (Lipinski definition) is 6. The van der Waals surface area contributed by atoms with E-state index >= 15 is 0 Å². The molecule has 0 fully saturated rings. The van der Waals surface area contributed by atoms with Crippen LogP contribution in [0.1, 0.15) is 17.1 Å². The SMILES string of the molecule is Cn1ccnc1CN(Cc1ccccn1)Cc1cc([N+](=O)[O-])ccc1O. The van der Waals surface area contributed by atoms with Crippen molar-refractivity contribution >= 4 is 5.69 Å². The Labute approximate surface area is 150 Å². The van der Waals surface area contributed by atoms with Gasteiger partial charge >= 0.3 is 0 Å². The van der Waals surface area contributed by atoms with E-state index in [-0.39, 0.29) is 11.4 Å². The first-order chi connectivity index (χ1) is 12.5. The Bertz CT molecular complexity index is 895. The van der Waals surface area contributed by atoms with E-state index in [0.29, 0.717) is 25.2 Å². The lowest BCUT2D eigenvalue weighted by atomic mass is 10.1. The predicted molar refractivity (Wildman–Crippen MR) is 95.2 cm³/mol. The second kappa shape index (κ2) is 7.75. The summed E-state index contributed by atoms with van der Waals surface area (Å²) in [5.74, 6) is 0.882. The summed E-state index contributed by atoms with van der Waals surface area (Å²) in [4.78, 5) is 21.3. The molecule has 3 rings (SSSR count). The summed E-state index contributed by atoms with van der Waals surface area (Å²) in [7, 11) is 1.91. The third kappa shape index (κ3) is 4.22.